The van der Waals surface area contributed by atoms with E-state index in [0.717, 1.165) is 38.5 Å². The molecule has 2 unspecified atom stereocenters. The molecular weight excluding hydrogens is 602 g/mol. The van der Waals surface area contributed by atoms with Crippen molar-refractivity contribution in [2.75, 3.05) is 6.61 Å². The lowest BCUT2D eigenvalue weighted by atomic mass is 9.41. The summed E-state index contributed by atoms with van der Waals surface area (Å²) in [5.41, 5.74) is -0.840. The fraction of sp³-hybridized carbons (Fsp3) is 0.436. The molecule has 244 valence electrons. The Bertz CT molecular complexity index is 1410. The summed E-state index contributed by atoms with van der Waals surface area (Å²) in [7, 11) is -0.0146. The molecule has 0 amide bonds. The standard InChI is InChI=1S/C21H30F2O4.C18H15S/c1-13(2)16(24)27-18(3,4)21-9-14-6-15(10-21)8-20(7-14,11-21)12-26-17(25)19(5,22)23;1-4-10-16(11-5-1)19(17-12-6-2-7-13-17)18-14-8-3-9-15-18/h14-15H,1,6-12H2,2-5H3;1-15H/q;+1. The summed E-state index contributed by atoms with van der Waals surface area (Å²) in [4.78, 5) is 27.9. The zero-order chi connectivity index (χ0) is 33.2. The molecule has 0 aliphatic heterocycles. The average molecular weight is 648 g/mol. The Balaban J connectivity index is 0.000000192. The molecule has 4 aliphatic carbocycles. The molecule has 2 atom stereocenters. The normalized spacial score (nSPS) is 24.9. The Morgan fingerprint density at radius 2 is 1.24 bits per heavy atom. The summed E-state index contributed by atoms with van der Waals surface area (Å²) in [5.74, 6) is -4.43. The van der Waals surface area contributed by atoms with Crippen LogP contribution in [0.4, 0.5) is 8.78 Å². The lowest BCUT2D eigenvalue weighted by molar-refractivity contribution is -0.222. The van der Waals surface area contributed by atoms with Gasteiger partial charge in [0.15, 0.2) is 14.7 Å². The third-order valence-corrected chi connectivity index (χ3v) is 12.2. The van der Waals surface area contributed by atoms with Crippen molar-refractivity contribution in [2.45, 2.75) is 92.4 Å². The number of ether oxygens (including phenoxy) is 2. The second kappa shape index (κ2) is 13.3. The van der Waals surface area contributed by atoms with Gasteiger partial charge in [-0.05, 0) is 108 Å². The second-order valence-corrected chi connectivity index (χ2v) is 16.2. The van der Waals surface area contributed by atoms with Gasteiger partial charge < -0.3 is 9.47 Å². The van der Waals surface area contributed by atoms with Gasteiger partial charge in [0.2, 0.25) is 0 Å². The van der Waals surface area contributed by atoms with Crippen LogP contribution in [-0.2, 0) is 30.0 Å². The molecule has 4 nitrogen and oxygen atoms in total. The number of esters is 2. The molecule has 0 radical (unpaired) electrons. The van der Waals surface area contributed by atoms with Crippen LogP contribution < -0.4 is 0 Å². The number of benzene rings is 3. The molecule has 0 N–H and O–H groups in total. The lowest BCUT2D eigenvalue weighted by Gasteiger charge is -2.65. The minimum absolute atomic E-state index is 0.0146. The van der Waals surface area contributed by atoms with E-state index in [2.05, 4.69) is 97.6 Å². The topological polar surface area (TPSA) is 52.6 Å². The van der Waals surface area contributed by atoms with Crippen molar-refractivity contribution < 1.29 is 27.8 Å². The summed E-state index contributed by atoms with van der Waals surface area (Å²) in [5, 5.41) is 0. The van der Waals surface area contributed by atoms with Gasteiger partial charge in [-0.2, -0.15) is 8.78 Å². The third-order valence-electron chi connectivity index (χ3n) is 9.96. The van der Waals surface area contributed by atoms with E-state index in [9.17, 15) is 18.4 Å². The highest BCUT2D eigenvalue weighted by Crippen LogP contribution is 2.68. The molecule has 0 aromatic heterocycles. The van der Waals surface area contributed by atoms with Gasteiger partial charge in [-0.3, -0.25) is 0 Å². The Labute approximate surface area is 274 Å². The lowest BCUT2D eigenvalue weighted by Crippen LogP contribution is -2.61. The second-order valence-electron chi connectivity index (χ2n) is 14.1. The van der Waals surface area contributed by atoms with Crippen LogP contribution in [0.25, 0.3) is 0 Å². The molecule has 4 saturated carbocycles. The van der Waals surface area contributed by atoms with Gasteiger partial charge in [0.25, 0.3) is 0 Å². The van der Waals surface area contributed by atoms with Crippen molar-refractivity contribution in [3.63, 3.8) is 0 Å². The van der Waals surface area contributed by atoms with E-state index in [4.69, 9.17) is 9.47 Å². The Morgan fingerprint density at radius 3 is 1.63 bits per heavy atom. The Morgan fingerprint density at radius 1 is 0.804 bits per heavy atom. The summed E-state index contributed by atoms with van der Waals surface area (Å²) < 4.78 is 37.3. The number of alkyl halides is 2. The fourth-order valence-electron chi connectivity index (χ4n) is 8.18. The zero-order valence-electron chi connectivity index (χ0n) is 27.3. The van der Waals surface area contributed by atoms with Crippen LogP contribution in [0.5, 0.6) is 0 Å². The molecule has 4 fully saturated rings. The van der Waals surface area contributed by atoms with Crippen LogP contribution in [0.1, 0.15) is 66.2 Å². The number of hydrogen-bond acceptors (Lipinski definition) is 4. The molecule has 4 bridgehead atoms. The smallest absolute Gasteiger partial charge is 0.376 e. The van der Waals surface area contributed by atoms with Gasteiger partial charge in [0.1, 0.15) is 5.60 Å². The van der Waals surface area contributed by atoms with E-state index in [1.54, 1.807) is 6.92 Å². The highest BCUT2D eigenvalue weighted by atomic mass is 32.2. The van der Waals surface area contributed by atoms with Crippen LogP contribution in [0.15, 0.2) is 118 Å². The van der Waals surface area contributed by atoms with Gasteiger partial charge in [0, 0.05) is 23.3 Å². The van der Waals surface area contributed by atoms with Crippen molar-refractivity contribution in [3.8, 4) is 0 Å². The zero-order valence-corrected chi connectivity index (χ0v) is 28.1. The first-order valence-electron chi connectivity index (χ1n) is 16.1. The number of rotatable bonds is 9. The van der Waals surface area contributed by atoms with E-state index >= 15 is 0 Å². The van der Waals surface area contributed by atoms with E-state index < -0.39 is 23.5 Å². The Hall–Kier alpha value is -3.45. The summed E-state index contributed by atoms with van der Waals surface area (Å²) in [6.07, 6.45) is 5.54. The van der Waals surface area contributed by atoms with Gasteiger partial charge in [-0.1, -0.05) is 61.2 Å². The highest BCUT2D eigenvalue weighted by molar-refractivity contribution is 7.97. The Kier molecular flexibility index (Phi) is 9.84. The van der Waals surface area contributed by atoms with Crippen LogP contribution in [0, 0.1) is 22.7 Å². The third kappa shape index (κ3) is 7.41. The first kappa shape index (κ1) is 33.9. The largest absolute Gasteiger partial charge is 0.461 e. The molecule has 7 rings (SSSR count). The highest BCUT2D eigenvalue weighted by Gasteiger charge is 2.64. The van der Waals surface area contributed by atoms with Crippen molar-refractivity contribution >= 4 is 22.8 Å². The maximum Gasteiger partial charge on any atom is 0.376 e. The molecule has 3 aromatic carbocycles. The van der Waals surface area contributed by atoms with Gasteiger partial charge in [-0.25, -0.2) is 9.59 Å². The monoisotopic (exact) mass is 647 g/mol. The van der Waals surface area contributed by atoms with E-state index in [1.165, 1.54) is 14.7 Å². The summed E-state index contributed by atoms with van der Waals surface area (Å²) in [6.45, 7) is 9.78. The van der Waals surface area contributed by atoms with Gasteiger partial charge >= 0.3 is 17.9 Å². The first-order valence-corrected chi connectivity index (χ1v) is 17.3. The average Bonchev–Trinajstić information content (AvgIpc) is 3.00. The van der Waals surface area contributed by atoms with Crippen molar-refractivity contribution in [2.24, 2.45) is 22.7 Å². The van der Waals surface area contributed by atoms with Crippen molar-refractivity contribution in [3.05, 3.63) is 103 Å². The quantitative estimate of drug-likeness (QED) is 0.132. The molecule has 7 heteroatoms. The minimum Gasteiger partial charge on any atom is -0.461 e. The number of carbonyl (C=O) groups is 2. The first-order chi connectivity index (χ1) is 21.7. The SMILES string of the molecule is C=C(C)C(=O)OC(C)(C)C12CC3CC(CC(COC(=O)C(C)(F)F)(C3)C1)C2.c1ccc([S+](c2ccccc2)c2ccccc2)cc1. The minimum atomic E-state index is -3.48. The van der Waals surface area contributed by atoms with E-state index in [1.807, 2.05) is 13.8 Å². The maximum absolute atomic E-state index is 13.2. The number of carbonyl (C=O) groups excluding carboxylic acids is 2. The molecule has 0 saturated heterocycles. The number of hydrogen-bond donors (Lipinski definition) is 0. The van der Waals surface area contributed by atoms with Gasteiger partial charge in [0.05, 0.1) is 17.5 Å². The predicted molar refractivity (Wildman–Crippen MR) is 178 cm³/mol. The van der Waals surface area contributed by atoms with Gasteiger partial charge in [-0.15, -0.1) is 0 Å². The molecule has 46 heavy (non-hydrogen) atoms. The molecule has 0 spiro atoms. The van der Waals surface area contributed by atoms with Crippen LogP contribution in [-0.4, -0.2) is 30.1 Å². The summed E-state index contributed by atoms with van der Waals surface area (Å²) >= 11 is 0. The van der Waals surface area contributed by atoms with Crippen molar-refractivity contribution in [1.82, 2.24) is 0 Å². The molecular formula is C39H45F2O4S+. The van der Waals surface area contributed by atoms with E-state index in [0.29, 0.717) is 24.3 Å². The predicted octanol–water partition coefficient (Wildman–Crippen LogP) is 9.45. The number of halogens is 2. The maximum atomic E-state index is 13.2. The van der Waals surface area contributed by atoms with E-state index in [-0.39, 0.29) is 28.3 Å². The molecule has 3 aromatic rings. The summed E-state index contributed by atoms with van der Waals surface area (Å²) in [6, 6.07) is 32.2. The fourth-order valence-corrected chi connectivity index (χ4v) is 10.3. The van der Waals surface area contributed by atoms with Crippen molar-refractivity contribution in [1.29, 1.82) is 0 Å². The van der Waals surface area contributed by atoms with Crippen LogP contribution in [0.3, 0.4) is 0 Å². The molecule has 0 heterocycles. The van der Waals surface area contributed by atoms with Crippen LogP contribution in [0.2, 0.25) is 0 Å². The van der Waals surface area contributed by atoms with Crippen LogP contribution >= 0.6 is 0 Å². The molecule has 4 aliphatic rings.